The average Bonchev–Trinajstić information content (AvgIpc) is 2.59. The zero-order valence-corrected chi connectivity index (χ0v) is 19.9. The first kappa shape index (κ1) is 35.6. The molecule has 3 N–H and O–H groups in total. The Kier molecular flexibility index (Phi) is 27.2. The fourth-order valence-corrected chi connectivity index (χ4v) is 3.17. The van der Waals surface area contributed by atoms with Gasteiger partial charge in [-0.05, 0) is 57.5 Å². The van der Waals surface area contributed by atoms with Crippen LogP contribution < -0.4 is 0 Å². The summed E-state index contributed by atoms with van der Waals surface area (Å²) < 4.78 is 0. The summed E-state index contributed by atoms with van der Waals surface area (Å²) in [7, 11) is 5.88. The van der Waals surface area contributed by atoms with Gasteiger partial charge in [0.1, 0.15) is 0 Å². The quantitative estimate of drug-likeness (QED) is 0.506. The topological polar surface area (TPSA) is 63.9 Å². The Morgan fingerprint density at radius 3 is 0.917 bits per heavy atom. The van der Waals surface area contributed by atoms with Gasteiger partial charge in [-0.15, -0.1) is 0 Å². The molecule has 0 heterocycles. The van der Waals surface area contributed by atoms with E-state index in [9.17, 15) is 0 Å². The summed E-state index contributed by atoms with van der Waals surface area (Å²) in [5, 5.41) is 23.1. The first-order valence-electron chi connectivity index (χ1n) is 8.24. The summed E-state index contributed by atoms with van der Waals surface area (Å²) in [6, 6.07) is 0. The summed E-state index contributed by atoms with van der Waals surface area (Å²) in [6.07, 6.45) is 0. The van der Waals surface area contributed by atoms with Crippen LogP contribution in [0.15, 0.2) is 0 Å². The van der Waals surface area contributed by atoms with Crippen LogP contribution in [0, 0.1) is 37.0 Å². The van der Waals surface area contributed by atoms with Crippen LogP contribution in [0.4, 0.5) is 0 Å². The van der Waals surface area contributed by atoms with Gasteiger partial charge in [0.15, 0.2) is 0 Å². The Bertz CT molecular complexity index is 200. The Morgan fingerprint density at radius 2 is 0.875 bits per heavy atom. The molecule has 0 spiro atoms. The standard InChI is InChI=1S/C10H20.C6H15NO.2CH4O.CH3.Ti/c1-6-7(2)9(4)10(5)8(6)3;1-6(2,8)5-7(3)4;2*1-2;;/h6-10H,1-5H3;8H,5H2,1-4H3;2*2H,1H3;1H3;/q;;;;-1;. The van der Waals surface area contributed by atoms with E-state index in [0.29, 0.717) is 6.54 Å². The van der Waals surface area contributed by atoms with Crippen molar-refractivity contribution in [2.75, 3.05) is 34.9 Å². The van der Waals surface area contributed by atoms with Gasteiger partial charge in [-0.3, -0.25) is 0 Å². The molecular formula is C19H46NO3Ti-. The minimum Gasteiger partial charge on any atom is -0.400 e. The molecule has 1 saturated carbocycles. The van der Waals surface area contributed by atoms with Gasteiger partial charge in [-0.1, -0.05) is 34.6 Å². The number of nitrogens with zero attached hydrogens (tertiary/aromatic N) is 1. The third-order valence-electron chi connectivity index (χ3n) is 4.85. The Hall–Kier alpha value is 0.554. The second-order valence-corrected chi connectivity index (χ2v) is 7.35. The van der Waals surface area contributed by atoms with E-state index in [-0.39, 0.29) is 29.1 Å². The molecule has 0 aromatic rings. The van der Waals surface area contributed by atoms with Crippen molar-refractivity contribution in [1.29, 1.82) is 0 Å². The molecule has 1 fully saturated rings. The Morgan fingerprint density at radius 1 is 0.708 bits per heavy atom. The van der Waals surface area contributed by atoms with Crippen LogP contribution in [0.1, 0.15) is 48.5 Å². The molecular weight excluding hydrogens is 338 g/mol. The van der Waals surface area contributed by atoms with Gasteiger partial charge in [0.05, 0.1) is 5.60 Å². The maximum atomic E-state index is 9.15. The molecule has 0 aliphatic heterocycles. The van der Waals surface area contributed by atoms with Crippen LogP contribution in [0.25, 0.3) is 0 Å². The molecule has 0 saturated heterocycles. The van der Waals surface area contributed by atoms with E-state index in [4.69, 9.17) is 15.3 Å². The fourth-order valence-electron chi connectivity index (χ4n) is 3.17. The van der Waals surface area contributed by atoms with Crippen molar-refractivity contribution >= 4 is 0 Å². The van der Waals surface area contributed by atoms with Crippen molar-refractivity contribution in [2.24, 2.45) is 29.6 Å². The molecule has 4 nitrogen and oxygen atoms in total. The molecule has 0 bridgehead atoms. The SMILES string of the molecule is CC1C(C)C(C)C(C)C1C.CN(C)CC(C)(C)O.CO.CO.[CH3-].[Ti]. The van der Waals surface area contributed by atoms with Crippen molar-refractivity contribution in [3.05, 3.63) is 7.43 Å². The zero-order valence-electron chi connectivity index (χ0n) is 18.4. The minimum atomic E-state index is -0.552. The second-order valence-electron chi connectivity index (χ2n) is 7.35. The predicted molar refractivity (Wildman–Crippen MR) is 103 cm³/mol. The van der Waals surface area contributed by atoms with Crippen LogP contribution in [0.5, 0.6) is 0 Å². The number of aliphatic hydroxyl groups is 3. The first-order valence-corrected chi connectivity index (χ1v) is 8.24. The largest absolute Gasteiger partial charge is 0.400 e. The van der Waals surface area contributed by atoms with E-state index in [2.05, 4.69) is 34.6 Å². The molecule has 1 aliphatic carbocycles. The molecule has 0 amide bonds. The van der Waals surface area contributed by atoms with Crippen molar-refractivity contribution in [3.63, 3.8) is 0 Å². The van der Waals surface area contributed by atoms with Crippen LogP contribution in [0.2, 0.25) is 0 Å². The normalized spacial score (nSPS) is 27.9. The number of hydrogen-bond donors (Lipinski definition) is 3. The smallest absolute Gasteiger partial charge is 0.0717 e. The molecule has 150 valence electrons. The summed E-state index contributed by atoms with van der Waals surface area (Å²) >= 11 is 0. The van der Waals surface area contributed by atoms with Crippen LogP contribution >= 0.6 is 0 Å². The summed E-state index contributed by atoms with van der Waals surface area (Å²) in [4.78, 5) is 1.96. The second kappa shape index (κ2) is 18.3. The van der Waals surface area contributed by atoms with Gasteiger partial charge in [-0.25, -0.2) is 0 Å². The van der Waals surface area contributed by atoms with Crippen molar-refractivity contribution < 1.29 is 37.0 Å². The maximum Gasteiger partial charge on any atom is 0.0717 e. The molecule has 1 aliphatic rings. The summed E-state index contributed by atoms with van der Waals surface area (Å²) in [6.45, 7) is 16.3. The minimum absolute atomic E-state index is 0. The molecule has 0 radical (unpaired) electrons. The van der Waals surface area contributed by atoms with Crippen LogP contribution in [-0.4, -0.2) is 60.7 Å². The molecule has 0 aromatic carbocycles. The van der Waals surface area contributed by atoms with E-state index in [0.717, 1.165) is 43.8 Å². The zero-order chi connectivity index (χ0) is 18.7. The summed E-state index contributed by atoms with van der Waals surface area (Å²) in [5.74, 6) is 4.68. The molecule has 5 heteroatoms. The first-order chi connectivity index (χ1) is 9.97. The predicted octanol–water partition coefficient (Wildman–Crippen LogP) is 3.16. The Labute approximate surface area is 167 Å². The average molecular weight is 384 g/mol. The van der Waals surface area contributed by atoms with E-state index in [1.165, 1.54) is 0 Å². The number of hydrogen-bond acceptors (Lipinski definition) is 4. The molecule has 1 rings (SSSR count). The Balaban J connectivity index is -0.0000000787. The van der Waals surface area contributed by atoms with E-state index >= 15 is 0 Å². The van der Waals surface area contributed by atoms with Gasteiger partial charge < -0.3 is 27.6 Å². The monoisotopic (exact) mass is 384 g/mol. The van der Waals surface area contributed by atoms with Gasteiger partial charge in [0.2, 0.25) is 0 Å². The van der Waals surface area contributed by atoms with E-state index in [1.54, 1.807) is 13.8 Å². The van der Waals surface area contributed by atoms with Crippen molar-refractivity contribution in [2.45, 2.75) is 54.1 Å². The van der Waals surface area contributed by atoms with Crippen molar-refractivity contribution in [3.8, 4) is 0 Å². The fraction of sp³-hybridized carbons (Fsp3) is 0.947. The van der Waals surface area contributed by atoms with Gasteiger partial charge in [0, 0.05) is 42.5 Å². The number of rotatable bonds is 2. The van der Waals surface area contributed by atoms with Crippen LogP contribution in [0.3, 0.4) is 0 Å². The third kappa shape index (κ3) is 16.0. The van der Waals surface area contributed by atoms with E-state index in [1.807, 2.05) is 19.0 Å². The maximum absolute atomic E-state index is 9.15. The number of aliphatic hydroxyl groups excluding tert-OH is 2. The molecule has 0 unspecified atom stereocenters. The summed E-state index contributed by atoms with van der Waals surface area (Å²) in [5.41, 5.74) is -0.552. The molecule has 0 atom stereocenters. The van der Waals surface area contributed by atoms with Gasteiger partial charge in [-0.2, -0.15) is 0 Å². The van der Waals surface area contributed by atoms with Gasteiger partial charge in [0.25, 0.3) is 0 Å². The third-order valence-corrected chi connectivity index (χ3v) is 4.85. The van der Waals surface area contributed by atoms with Gasteiger partial charge >= 0.3 is 0 Å². The van der Waals surface area contributed by atoms with Crippen molar-refractivity contribution in [1.82, 2.24) is 4.90 Å². The van der Waals surface area contributed by atoms with Crippen LogP contribution in [-0.2, 0) is 21.7 Å². The molecule has 0 aromatic heterocycles. The number of likely N-dealkylation sites (N-methyl/N-ethyl adjacent to an activating group) is 1. The van der Waals surface area contributed by atoms with E-state index < -0.39 is 5.60 Å². The molecule has 24 heavy (non-hydrogen) atoms.